The number of hydrogen-bond donors (Lipinski definition) is 1. The summed E-state index contributed by atoms with van der Waals surface area (Å²) in [7, 11) is 0. The maximum absolute atomic E-state index is 13.5. The van der Waals surface area contributed by atoms with Crippen molar-refractivity contribution >= 4 is 0 Å². The zero-order valence-corrected chi connectivity index (χ0v) is 15.8. The first-order valence-corrected chi connectivity index (χ1v) is 9.04. The quantitative estimate of drug-likeness (QED) is 0.614. The maximum atomic E-state index is 13.5. The minimum Gasteiger partial charge on any atom is -0.490 e. The van der Waals surface area contributed by atoms with Crippen LogP contribution in [0.25, 0.3) is 11.3 Å². The van der Waals surface area contributed by atoms with E-state index in [9.17, 15) is 17.6 Å². The second-order valence-electron chi connectivity index (χ2n) is 8.08. The SMILES string of the molecule is CC1(C[C@](C)(N)COc2ccc(-c3ccnc(C(F)F)c3)nc2C(F)F)CC1. The maximum Gasteiger partial charge on any atom is 0.284 e. The number of alkyl halides is 4. The Morgan fingerprint density at radius 3 is 2.50 bits per heavy atom. The first-order valence-electron chi connectivity index (χ1n) is 9.04. The van der Waals surface area contributed by atoms with Crippen molar-refractivity contribution in [3.8, 4) is 17.0 Å². The Morgan fingerprint density at radius 2 is 1.89 bits per heavy atom. The van der Waals surface area contributed by atoms with Crippen LogP contribution >= 0.6 is 0 Å². The summed E-state index contributed by atoms with van der Waals surface area (Å²) in [6, 6.07) is 5.41. The summed E-state index contributed by atoms with van der Waals surface area (Å²) in [5.74, 6) is -0.0560. The fraction of sp³-hybridized carbons (Fsp3) is 0.500. The normalized spacial score (nSPS) is 17.6. The average molecular weight is 397 g/mol. The summed E-state index contributed by atoms with van der Waals surface area (Å²) >= 11 is 0. The fourth-order valence-corrected chi connectivity index (χ4v) is 3.29. The van der Waals surface area contributed by atoms with E-state index in [1.165, 1.54) is 24.4 Å². The van der Waals surface area contributed by atoms with E-state index in [1.807, 2.05) is 6.92 Å². The summed E-state index contributed by atoms with van der Waals surface area (Å²) in [6.07, 6.45) is -1.49. The predicted octanol–water partition coefficient (Wildman–Crippen LogP) is 5.31. The number of ether oxygens (including phenoxy) is 1. The van der Waals surface area contributed by atoms with Crippen LogP contribution in [0.3, 0.4) is 0 Å². The van der Waals surface area contributed by atoms with Crippen molar-refractivity contribution < 1.29 is 22.3 Å². The van der Waals surface area contributed by atoms with Crippen LogP contribution in [-0.2, 0) is 0 Å². The highest BCUT2D eigenvalue weighted by atomic mass is 19.3. The van der Waals surface area contributed by atoms with Crippen LogP contribution in [0.5, 0.6) is 5.75 Å². The molecule has 1 aliphatic carbocycles. The van der Waals surface area contributed by atoms with Gasteiger partial charge in [0.05, 0.1) is 5.69 Å². The van der Waals surface area contributed by atoms with E-state index in [4.69, 9.17) is 10.5 Å². The Morgan fingerprint density at radius 1 is 1.18 bits per heavy atom. The zero-order valence-electron chi connectivity index (χ0n) is 15.8. The van der Waals surface area contributed by atoms with Gasteiger partial charge in [-0.2, -0.15) is 0 Å². The molecule has 2 aromatic heterocycles. The zero-order chi connectivity index (χ0) is 20.5. The smallest absolute Gasteiger partial charge is 0.284 e. The lowest BCUT2D eigenvalue weighted by Crippen LogP contribution is -2.44. The van der Waals surface area contributed by atoms with Gasteiger partial charge in [0.2, 0.25) is 0 Å². The number of nitrogens with two attached hydrogens (primary N) is 1. The molecule has 4 nitrogen and oxygen atoms in total. The van der Waals surface area contributed by atoms with Gasteiger partial charge in [0, 0.05) is 17.3 Å². The van der Waals surface area contributed by atoms with E-state index in [1.54, 1.807) is 0 Å². The highest BCUT2D eigenvalue weighted by Crippen LogP contribution is 2.50. The van der Waals surface area contributed by atoms with Crippen molar-refractivity contribution in [3.63, 3.8) is 0 Å². The van der Waals surface area contributed by atoms with Crippen molar-refractivity contribution in [2.24, 2.45) is 11.1 Å². The van der Waals surface area contributed by atoms with Crippen LogP contribution in [0, 0.1) is 5.41 Å². The molecule has 0 unspecified atom stereocenters. The van der Waals surface area contributed by atoms with Gasteiger partial charge < -0.3 is 10.5 Å². The number of pyridine rings is 2. The Hall–Kier alpha value is -2.22. The number of halogens is 4. The molecular weight excluding hydrogens is 374 g/mol. The lowest BCUT2D eigenvalue weighted by Gasteiger charge is -2.28. The number of rotatable bonds is 8. The second-order valence-corrected chi connectivity index (χ2v) is 8.08. The van der Waals surface area contributed by atoms with Crippen molar-refractivity contribution in [1.82, 2.24) is 9.97 Å². The van der Waals surface area contributed by atoms with Gasteiger partial charge in [0.25, 0.3) is 12.9 Å². The van der Waals surface area contributed by atoms with Crippen LogP contribution < -0.4 is 10.5 Å². The van der Waals surface area contributed by atoms with Crippen molar-refractivity contribution in [1.29, 1.82) is 0 Å². The molecule has 0 spiro atoms. The molecule has 0 saturated heterocycles. The topological polar surface area (TPSA) is 61.0 Å². The van der Waals surface area contributed by atoms with Gasteiger partial charge in [-0.3, -0.25) is 4.98 Å². The summed E-state index contributed by atoms with van der Waals surface area (Å²) in [6.45, 7) is 4.05. The molecule has 28 heavy (non-hydrogen) atoms. The van der Waals surface area contributed by atoms with Crippen molar-refractivity contribution in [2.45, 2.75) is 51.5 Å². The highest BCUT2D eigenvalue weighted by molar-refractivity contribution is 5.60. The van der Waals surface area contributed by atoms with Gasteiger partial charge in [-0.05, 0) is 55.9 Å². The molecule has 2 heterocycles. The summed E-state index contributed by atoms with van der Waals surface area (Å²) in [5, 5.41) is 0. The number of hydrogen-bond acceptors (Lipinski definition) is 4. The molecule has 152 valence electrons. The average Bonchev–Trinajstić information content (AvgIpc) is 3.35. The van der Waals surface area contributed by atoms with Gasteiger partial charge in [0.1, 0.15) is 23.7 Å². The molecule has 8 heteroatoms. The van der Waals surface area contributed by atoms with Crippen LogP contribution in [-0.4, -0.2) is 22.1 Å². The van der Waals surface area contributed by atoms with Gasteiger partial charge in [-0.15, -0.1) is 0 Å². The van der Waals surface area contributed by atoms with Gasteiger partial charge in [-0.1, -0.05) is 6.92 Å². The third-order valence-electron chi connectivity index (χ3n) is 4.88. The largest absolute Gasteiger partial charge is 0.490 e. The van der Waals surface area contributed by atoms with E-state index >= 15 is 0 Å². The Kier molecular flexibility index (Phi) is 5.61. The Labute approximate surface area is 161 Å². The molecule has 0 radical (unpaired) electrons. The fourth-order valence-electron chi connectivity index (χ4n) is 3.29. The molecule has 0 bridgehead atoms. The summed E-state index contributed by atoms with van der Waals surface area (Å²) < 4.78 is 58.3. The molecule has 3 rings (SSSR count). The van der Waals surface area contributed by atoms with E-state index in [0.29, 0.717) is 0 Å². The van der Waals surface area contributed by atoms with Crippen molar-refractivity contribution in [3.05, 3.63) is 41.9 Å². The predicted molar refractivity (Wildman–Crippen MR) is 97.4 cm³/mol. The third kappa shape index (κ3) is 4.98. The molecule has 0 aliphatic heterocycles. The van der Waals surface area contributed by atoms with E-state index in [-0.39, 0.29) is 29.0 Å². The minimum atomic E-state index is -2.88. The Balaban J connectivity index is 1.80. The van der Waals surface area contributed by atoms with Crippen LogP contribution in [0.2, 0.25) is 0 Å². The van der Waals surface area contributed by atoms with Gasteiger partial charge in [-0.25, -0.2) is 22.5 Å². The molecule has 2 aromatic rings. The van der Waals surface area contributed by atoms with E-state index in [2.05, 4.69) is 16.9 Å². The molecule has 1 fully saturated rings. The first-order chi connectivity index (χ1) is 13.1. The molecule has 1 saturated carbocycles. The highest BCUT2D eigenvalue weighted by Gasteiger charge is 2.42. The lowest BCUT2D eigenvalue weighted by atomic mass is 9.89. The first kappa shape index (κ1) is 20.5. The van der Waals surface area contributed by atoms with E-state index in [0.717, 1.165) is 25.3 Å². The molecule has 0 amide bonds. The van der Waals surface area contributed by atoms with Crippen LogP contribution in [0.1, 0.15) is 57.3 Å². The molecular formula is C20H23F4N3O. The minimum absolute atomic E-state index is 0.0560. The van der Waals surface area contributed by atoms with Crippen LogP contribution in [0.15, 0.2) is 30.5 Å². The Bertz CT molecular complexity index is 838. The lowest BCUT2D eigenvalue weighted by molar-refractivity contribution is 0.134. The monoisotopic (exact) mass is 397 g/mol. The third-order valence-corrected chi connectivity index (χ3v) is 4.88. The van der Waals surface area contributed by atoms with E-state index < -0.39 is 29.8 Å². The number of nitrogens with zero attached hydrogens (tertiary/aromatic N) is 2. The van der Waals surface area contributed by atoms with Gasteiger partial charge >= 0.3 is 0 Å². The molecule has 1 atom stereocenters. The van der Waals surface area contributed by atoms with Gasteiger partial charge in [0.15, 0.2) is 0 Å². The van der Waals surface area contributed by atoms with Crippen LogP contribution in [0.4, 0.5) is 17.6 Å². The number of aromatic nitrogens is 2. The standard InChI is InChI=1S/C20H23F4N3O/c1-19(6-7-19)10-20(2,25)11-28-15-4-3-13(27-16(15)18(23)24)12-5-8-26-14(9-12)17(21)22/h3-5,8-9,17-18H,6-7,10-11,25H2,1-2H3/t20-/m0/s1. The molecule has 0 aromatic carbocycles. The second kappa shape index (κ2) is 7.66. The molecule has 1 aliphatic rings. The molecule has 2 N–H and O–H groups in total. The summed E-state index contributed by atoms with van der Waals surface area (Å²) in [5.41, 5.74) is 5.27. The summed E-state index contributed by atoms with van der Waals surface area (Å²) in [4.78, 5) is 7.51. The van der Waals surface area contributed by atoms with Crippen molar-refractivity contribution in [2.75, 3.05) is 6.61 Å².